The third kappa shape index (κ3) is 5.62. The van der Waals surface area contributed by atoms with Gasteiger partial charge in [-0.25, -0.2) is 14.1 Å². The number of nitrogens with zero attached hydrogens (tertiary/aromatic N) is 5. The van der Waals surface area contributed by atoms with Crippen molar-refractivity contribution in [2.75, 3.05) is 36.4 Å². The minimum Gasteiger partial charge on any atom is -0.368 e. The molecular weight excluding hydrogens is 531 g/mol. The predicted molar refractivity (Wildman–Crippen MR) is 160 cm³/mol. The zero-order valence-electron chi connectivity index (χ0n) is 23.1. The van der Waals surface area contributed by atoms with Crippen LogP contribution in [0.4, 0.5) is 15.8 Å². The average Bonchev–Trinajstić information content (AvgIpc) is 3.49. The van der Waals surface area contributed by atoms with E-state index < -0.39 is 5.91 Å². The summed E-state index contributed by atoms with van der Waals surface area (Å²) in [6.07, 6.45) is 3.24. The molecule has 0 radical (unpaired) electrons. The lowest BCUT2D eigenvalue weighted by Gasteiger charge is -2.36. The number of halogens is 1. The molecule has 210 valence electrons. The van der Waals surface area contributed by atoms with Crippen molar-refractivity contribution in [3.63, 3.8) is 0 Å². The Labute approximate surface area is 243 Å². The Kier molecular flexibility index (Phi) is 7.47. The number of para-hydroxylation sites is 1. The van der Waals surface area contributed by atoms with Gasteiger partial charge in [-0.2, -0.15) is 5.10 Å². The summed E-state index contributed by atoms with van der Waals surface area (Å²) >= 11 is 0. The van der Waals surface area contributed by atoms with Crippen LogP contribution in [-0.4, -0.2) is 57.7 Å². The van der Waals surface area contributed by atoms with E-state index in [4.69, 9.17) is 0 Å². The van der Waals surface area contributed by atoms with Crippen LogP contribution in [0.1, 0.15) is 26.3 Å². The van der Waals surface area contributed by atoms with Gasteiger partial charge < -0.3 is 15.1 Å². The molecule has 0 saturated carbocycles. The van der Waals surface area contributed by atoms with E-state index in [0.717, 1.165) is 24.3 Å². The molecule has 2 aromatic heterocycles. The van der Waals surface area contributed by atoms with Crippen LogP contribution in [0.3, 0.4) is 0 Å². The standard InChI is InChI=1S/C33H29FN6O2/c1-23-10-15-26(21-28(23)33(42)39-19-17-38(18-20-39)27-7-3-2-4-8-27)36-32(41)29-22-40(30-9-5-6-16-35-30)37-31(29)24-11-13-25(34)14-12-24/h2-16,21-22H,17-20H2,1H3,(H,36,41). The van der Waals surface area contributed by atoms with Gasteiger partial charge in [-0.3, -0.25) is 9.59 Å². The van der Waals surface area contributed by atoms with Crippen molar-refractivity contribution in [2.24, 2.45) is 0 Å². The molecule has 0 spiro atoms. The normalized spacial score (nSPS) is 13.2. The first kappa shape index (κ1) is 26.9. The van der Waals surface area contributed by atoms with E-state index in [0.29, 0.717) is 41.4 Å². The Morgan fingerprint density at radius 1 is 0.833 bits per heavy atom. The summed E-state index contributed by atoms with van der Waals surface area (Å²) in [6.45, 7) is 4.60. The Morgan fingerprint density at radius 2 is 1.57 bits per heavy atom. The number of nitrogens with one attached hydrogen (secondary N) is 1. The largest absolute Gasteiger partial charge is 0.368 e. The highest BCUT2D eigenvalue weighted by atomic mass is 19.1. The quantitative estimate of drug-likeness (QED) is 0.293. The summed E-state index contributed by atoms with van der Waals surface area (Å²) in [7, 11) is 0. The molecule has 0 atom stereocenters. The second-order valence-corrected chi connectivity index (χ2v) is 10.1. The maximum absolute atomic E-state index is 13.6. The topological polar surface area (TPSA) is 83.4 Å². The monoisotopic (exact) mass is 560 g/mol. The maximum Gasteiger partial charge on any atom is 0.259 e. The molecule has 42 heavy (non-hydrogen) atoms. The highest BCUT2D eigenvalue weighted by Crippen LogP contribution is 2.26. The van der Waals surface area contributed by atoms with Crippen molar-refractivity contribution in [1.29, 1.82) is 0 Å². The number of carbonyl (C=O) groups is 2. The fraction of sp³-hybridized carbons (Fsp3) is 0.152. The average molecular weight is 561 g/mol. The molecule has 0 unspecified atom stereocenters. The SMILES string of the molecule is Cc1ccc(NC(=O)c2cn(-c3ccccn3)nc2-c2ccc(F)cc2)cc1C(=O)N1CCN(c2ccccc2)CC1. The fourth-order valence-corrected chi connectivity index (χ4v) is 5.07. The number of hydrogen-bond acceptors (Lipinski definition) is 5. The van der Waals surface area contributed by atoms with Crippen molar-refractivity contribution in [3.8, 4) is 17.1 Å². The van der Waals surface area contributed by atoms with Gasteiger partial charge >= 0.3 is 0 Å². The summed E-state index contributed by atoms with van der Waals surface area (Å²) in [5.41, 5.74) is 4.29. The molecular formula is C33H29FN6O2. The van der Waals surface area contributed by atoms with Gasteiger partial charge in [0.05, 0.1) is 5.56 Å². The van der Waals surface area contributed by atoms with Crippen molar-refractivity contribution < 1.29 is 14.0 Å². The Bertz CT molecular complexity index is 1710. The van der Waals surface area contributed by atoms with Crippen molar-refractivity contribution >= 4 is 23.2 Å². The number of carbonyl (C=O) groups excluding carboxylic acids is 2. The molecule has 1 N–H and O–H groups in total. The lowest BCUT2D eigenvalue weighted by atomic mass is 10.0. The number of rotatable bonds is 6. The van der Waals surface area contributed by atoms with Crippen molar-refractivity contribution in [1.82, 2.24) is 19.7 Å². The van der Waals surface area contributed by atoms with Gasteiger partial charge in [0.2, 0.25) is 0 Å². The molecule has 0 aliphatic carbocycles. The van der Waals surface area contributed by atoms with E-state index in [2.05, 4.69) is 32.4 Å². The van der Waals surface area contributed by atoms with Crippen LogP contribution in [0.25, 0.3) is 17.1 Å². The molecule has 1 aliphatic heterocycles. The van der Waals surface area contributed by atoms with Gasteiger partial charge in [-0.1, -0.05) is 30.3 Å². The van der Waals surface area contributed by atoms with E-state index >= 15 is 0 Å². The van der Waals surface area contributed by atoms with Crippen LogP contribution in [0, 0.1) is 12.7 Å². The molecule has 6 rings (SSSR count). The first-order valence-corrected chi connectivity index (χ1v) is 13.7. The Balaban J connectivity index is 1.23. The summed E-state index contributed by atoms with van der Waals surface area (Å²) < 4.78 is 15.2. The van der Waals surface area contributed by atoms with Gasteiger partial charge in [-0.15, -0.1) is 0 Å². The number of aromatic nitrogens is 3. The number of anilines is 2. The van der Waals surface area contributed by atoms with Gasteiger partial charge in [0.1, 0.15) is 11.5 Å². The van der Waals surface area contributed by atoms with Gasteiger partial charge in [-0.05, 0) is 73.2 Å². The minimum atomic E-state index is -0.407. The van der Waals surface area contributed by atoms with Gasteiger partial charge in [0.15, 0.2) is 5.82 Å². The lowest BCUT2D eigenvalue weighted by molar-refractivity contribution is 0.0745. The number of benzene rings is 3. The van der Waals surface area contributed by atoms with Crippen molar-refractivity contribution in [3.05, 3.63) is 126 Å². The van der Waals surface area contributed by atoms with E-state index in [1.54, 1.807) is 48.8 Å². The second kappa shape index (κ2) is 11.7. The number of hydrogen-bond donors (Lipinski definition) is 1. The minimum absolute atomic E-state index is 0.0636. The summed E-state index contributed by atoms with van der Waals surface area (Å²) in [5, 5.41) is 7.53. The third-order valence-corrected chi connectivity index (χ3v) is 7.37. The van der Waals surface area contributed by atoms with Crippen LogP contribution in [0.15, 0.2) is 103 Å². The zero-order valence-corrected chi connectivity index (χ0v) is 23.1. The number of piperazine rings is 1. The molecule has 8 nitrogen and oxygen atoms in total. The first-order valence-electron chi connectivity index (χ1n) is 13.7. The molecule has 1 fully saturated rings. The lowest BCUT2D eigenvalue weighted by Crippen LogP contribution is -2.48. The number of pyridine rings is 1. The first-order chi connectivity index (χ1) is 20.5. The van der Waals surface area contributed by atoms with Crippen LogP contribution in [0.2, 0.25) is 0 Å². The predicted octanol–water partition coefficient (Wildman–Crippen LogP) is 5.60. The van der Waals surface area contributed by atoms with Crippen LogP contribution in [-0.2, 0) is 0 Å². The Hall–Kier alpha value is -5.31. The highest BCUT2D eigenvalue weighted by Gasteiger charge is 2.24. The Morgan fingerprint density at radius 3 is 2.29 bits per heavy atom. The van der Waals surface area contributed by atoms with Crippen molar-refractivity contribution in [2.45, 2.75) is 6.92 Å². The van der Waals surface area contributed by atoms with Crippen LogP contribution < -0.4 is 10.2 Å². The summed E-state index contributed by atoms with van der Waals surface area (Å²) in [6, 6.07) is 26.7. The number of aryl methyl sites for hydroxylation is 1. The van der Waals surface area contributed by atoms with Gasteiger partial charge in [0, 0.05) is 61.1 Å². The molecule has 2 amide bonds. The van der Waals surface area contributed by atoms with E-state index in [1.807, 2.05) is 42.2 Å². The third-order valence-electron chi connectivity index (χ3n) is 7.37. The summed E-state index contributed by atoms with van der Waals surface area (Å²) in [5.74, 6) is -0.316. The highest BCUT2D eigenvalue weighted by molar-refractivity contribution is 6.08. The van der Waals surface area contributed by atoms with Gasteiger partial charge in [0.25, 0.3) is 11.8 Å². The molecule has 9 heteroatoms. The molecule has 0 bridgehead atoms. The smallest absolute Gasteiger partial charge is 0.259 e. The molecule has 1 saturated heterocycles. The van der Waals surface area contributed by atoms with E-state index in [-0.39, 0.29) is 17.3 Å². The molecule has 1 aliphatic rings. The zero-order chi connectivity index (χ0) is 29.1. The maximum atomic E-state index is 13.6. The number of amides is 2. The second-order valence-electron chi connectivity index (χ2n) is 10.1. The molecule has 5 aromatic rings. The van der Waals surface area contributed by atoms with Crippen LogP contribution >= 0.6 is 0 Å². The van der Waals surface area contributed by atoms with Crippen LogP contribution in [0.5, 0.6) is 0 Å². The molecule has 3 heterocycles. The fourth-order valence-electron chi connectivity index (χ4n) is 5.07. The van der Waals surface area contributed by atoms with E-state index in [1.165, 1.54) is 16.8 Å². The van der Waals surface area contributed by atoms with E-state index in [9.17, 15) is 14.0 Å². The summed E-state index contributed by atoms with van der Waals surface area (Å²) in [4.78, 5) is 35.6. The molecule has 3 aromatic carbocycles.